The molecule has 7 heteroatoms. The Kier molecular flexibility index (Phi) is 4.61. The van der Waals surface area contributed by atoms with E-state index in [1.54, 1.807) is 48.3 Å². The smallest absolute Gasteiger partial charge is 0.355 e. The Bertz CT molecular complexity index is 851. The minimum absolute atomic E-state index is 0.267. The van der Waals surface area contributed by atoms with Gasteiger partial charge >= 0.3 is 5.97 Å². The molecule has 0 unspecified atom stereocenters. The van der Waals surface area contributed by atoms with Gasteiger partial charge in [-0.3, -0.25) is 4.79 Å². The van der Waals surface area contributed by atoms with E-state index in [4.69, 9.17) is 4.74 Å². The van der Waals surface area contributed by atoms with Crippen LogP contribution in [0.2, 0.25) is 0 Å². The van der Waals surface area contributed by atoms with Gasteiger partial charge in [0.2, 0.25) is 0 Å². The number of carbonyl (C=O) groups excluding carboxylic acids is 2. The first kappa shape index (κ1) is 16.2. The molecule has 0 aliphatic rings. The number of likely N-dealkylation sites (N-methyl/N-ethyl adjacent to an activating group) is 1. The first-order valence-corrected chi connectivity index (χ1v) is 8.23. The van der Waals surface area contributed by atoms with Crippen molar-refractivity contribution >= 4 is 33.4 Å². The number of thiazole rings is 1. The van der Waals surface area contributed by atoms with Gasteiger partial charge in [0.1, 0.15) is 10.7 Å². The number of para-hydroxylation sites is 1. The molecule has 3 aromatic rings. The van der Waals surface area contributed by atoms with Crippen LogP contribution in [0, 0.1) is 0 Å². The van der Waals surface area contributed by atoms with Crippen LogP contribution in [-0.4, -0.2) is 40.0 Å². The van der Waals surface area contributed by atoms with E-state index in [1.807, 2.05) is 24.3 Å². The zero-order chi connectivity index (χ0) is 17.1. The number of fused-ring (bicyclic) bond motifs is 1. The van der Waals surface area contributed by atoms with Gasteiger partial charge < -0.3 is 14.2 Å². The number of amides is 1. The monoisotopic (exact) mass is 343 g/mol. The molecule has 0 atom stereocenters. The fourth-order valence-corrected chi connectivity index (χ4v) is 3.28. The Morgan fingerprint density at radius 1 is 1.25 bits per heavy atom. The second-order valence-corrected chi connectivity index (χ2v) is 6.52. The lowest BCUT2D eigenvalue weighted by molar-refractivity contribution is -0.133. The summed E-state index contributed by atoms with van der Waals surface area (Å²) < 4.78 is 7.82. The van der Waals surface area contributed by atoms with Crippen LogP contribution in [0.25, 0.3) is 10.2 Å². The molecule has 0 aliphatic carbocycles. The molecule has 1 amide bonds. The van der Waals surface area contributed by atoms with Gasteiger partial charge in [-0.15, -0.1) is 11.3 Å². The van der Waals surface area contributed by atoms with Crippen LogP contribution < -0.4 is 0 Å². The fourth-order valence-electron chi connectivity index (χ4n) is 2.26. The molecule has 0 N–H and O–H groups in total. The van der Waals surface area contributed by atoms with E-state index in [-0.39, 0.29) is 12.5 Å². The molecule has 1 aromatic carbocycles. The molecule has 2 aromatic heterocycles. The molecule has 0 saturated heterocycles. The molecule has 0 spiro atoms. The van der Waals surface area contributed by atoms with E-state index in [0.717, 1.165) is 15.2 Å². The summed E-state index contributed by atoms with van der Waals surface area (Å²) in [4.78, 5) is 30.1. The lowest BCUT2D eigenvalue weighted by Crippen LogP contribution is -2.31. The van der Waals surface area contributed by atoms with Crippen molar-refractivity contribution in [2.24, 2.45) is 7.05 Å². The Morgan fingerprint density at radius 2 is 2.04 bits per heavy atom. The lowest BCUT2D eigenvalue weighted by atomic mass is 10.3. The second-order valence-electron chi connectivity index (χ2n) is 5.41. The molecule has 3 rings (SSSR count). The number of carbonyl (C=O) groups is 2. The molecule has 6 nitrogen and oxygen atoms in total. The zero-order valence-electron chi connectivity index (χ0n) is 13.4. The third-order valence-electron chi connectivity index (χ3n) is 3.62. The Balaban J connectivity index is 1.56. The number of aromatic nitrogens is 2. The molecule has 2 heterocycles. The standard InChI is InChI=1S/C17H17N3O3S/c1-19-9-5-7-13(19)17(22)23-11-16(21)20(2)10-15-18-12-6-3-4-8-14(12)24-15/h3-9H,10-11H2,1-2H3. The van der Waals surface area contributed by atoms with Crippen molar-refractivity contribution in [3.05, 3.63) is 53.3 Å². The lowest BCUT2D eigenvalue weighted by Gasteiger charge is -2.15. The average Bonchev–Trinajstić information content (AvgIpc) is 3.17. The Hall–Kier alpha value is -2.67. The minimum atomic E-state index is -0.510. The summed E-state index contributed by atoms with van der Waals surface area (Å²) >= 11 is 1.55. The first-order chi connectivity index (χ1) is 11.5. The predicted molar refractivity (Wildman–Crippen MR) is 91.8 cm³/mol. The van der Waals surface area contributed by atoms with E-state index in [2.05, 4.69) is 4.98 Å². The van der Waals surface area contributed by atoms with E-state index >= 15 is 0 Å². The number of esters is 1. The zero-order valence-corrected chi connectivity index (χ0v) is 14.2. The summed E-state index contributed by atoms with van der Waals surface area (Å²) in [5.74, 6) is -0.777. The van der Waals surface area contributed by atoms with Crippen LogP contribution >= 0.6 is 11.3 Å². The number of aryl methyl sites for hydroxylation is 1. The van der Waals surface area contributed by atoms with Crippen LogP contribution in [-0.2, 0) is 23.1 Å². The number of benzene rings is 1. The van der Waals surface area contributed by atoms with Crippen molar-refractivity contribution < 1.29 is 14.3 Å². The maximum Gasteiger partial charge on any atom is 0.355 e. The van der Waals surface area contributed by atoms with Gasteiger partial charge in [-0.05, 0) is 24.3 Å². The molecule has 0 saturated carbocycles. The second kappa shape index (κ2) is 6.84. The number of nitrogens with zero attached hydrogens (tertiary/aromatic N) is 3. The molecular weight excluding hydrogens is 326 g/mol. The van der Waals surface area contributed by atoms with Gasteiger partial charge in [0.25, 0.3) is 5.91 Å². The first-order valence-electron chi connectivity index (χ1n) is 7.41. The van der Waals surface area contributed by atoms with Gasteiger partial charge in [0.05, 0.1) is 16.8 Å². The van der Waals surface area contributed by atoms with Gasteiger partial charge in [0, 0.05) is 20.3 Å². The highest BCUT2D eigenvalue weighted by molar-refractivity contribution is 7.18. The van der Waals surface area contributed by atoms with Gasteiger partial charge in [-0.2, -0.15) is 0 Å². The molecule has 0 fully saturated rings. The van der Waals surface area contributed by atoms with Crippen LogP contribution in [0.5, 0.6) is 0 Å². The minimum Gasteiger partial charge on any atom is -0.451 e. The largest absolute Gasteiger partial charge is 0.451 e. The highest BCUT2D eigenvalue weighted by Crippen LogP contribution is 2.22. The maximum absolute atomic E-state index is 12.1. The summed E-state index contributed by atoms with van der Waals surface area (Å²) in [6.07, 6.45) is 1.75. The SMILES string of the molecule is CN(Cc1nc2ccccc2s1)C(=O)COC(=O)c1cccn1C. The third kappa shape index (κ3) is 3.46. The van der Waals surface area contributed by atoms with Gasteiger partial charge in [0.15, 0.2) is 6.61 Å². The van der Waals surface area contributed by atoms with Crippen LogP contribution in [0.4, 0.5) is 0 Å². The number of hydrogen-bond donors (Lipinski definition) is 0. The molecule has 0 aliphatic heterocycles. The maximum atomic E-state index is 12.1. The fraction of sp³-hybridized carbons (Fsp3) is 0.235. The van der Waals surface area contributed by atoms with Crippen LogP contribution in [0.1, 0.15) is 15.5 Å². The third-order valence-corrected chi connectivity index (χ3v) is 4.64. The van der Waals surface area contributed by atoms with E-state index < -0.39 is 5.97 Å². The molecule has 124 valence electrons. The summed E-state index contributed by atoms with van der Waals surface area (Å²) in [5.41, 5.74) is 1.34. The van der Waals surface area contributed by atoms with Crippen molar-refractivity contribution in [1.82, 2.24) is 14.5 Å². The molecule has 24 heavy (non-hydrogen) atoms. The van der Waals surface area contributed by atoms with E-state index in [1.165, 1.54) is 4.90 Å². The van der Waals surface area contributed by atoms with Crippen LogP contribution in [0.15, 0.2) is 42.6 Å². The van der Waals surface area contributed by atoms with E-state index in [0.29, 0.717) is 12.2 Å². The molecule has 0 bridgehead atoms. The quantitative estimate of drug-likeness (QED) is 0.668. The highest BCUT2D eigenvalue weighted by atomic mass is 32.1. The summed E-state index contributed by atoms with van der Waals surface area (Å²) in [6.45, 7) is 0.102. The molecule has 0 radical (unpaired) electrons. The Labute approximate surface area is 143 Å². The number of hydrogen-bond acceptors (Lipinski definition) is 5. The average molecular weight is 343 g/mol. The summed E-state index contributed by atoms with van der Waals surface area (Å²) in [6, 6.07) is 11.2. The van der Waals surface area contributed by atoms with Crippen LogP contribution in [0.3, 0.4) is 0 Å². The number of ether oxygens (including phenoxy) is 1. The van der Waals surface area contributed by atoms with Crippen molar-refractivity contribution in [2.45, 2.75) is 6.54 Å². The highest BCUT2D eigenvalue weighted by Gasteiger charge is 2.16. The van der Waals surface area contributed by atoms with E-state index in [9.17, 15) is 9.59 Å². The van der Waals surface area contributed by atoms with Gasteiger partial charge in [-0.25, -0.2) is 9.78 Å². The van der Waals surface area contributed by atoms with Crippen molar-refractivity contribution in [3.8, 4) is 0 Å². The topological polar surface area (TPSA) is 64.4 Å². The van der Waals surface area contributed by atoms with Crippen molar-refractivity contribution in [2.75, 3.05) is 13.7 Å². The number of rotatable bonds is 5. The molecular formula is C17H17N3O3S. The Morgan fingerprint density at radius 3 is 2.75 bits per heavy atom. The predicted octanol–water partition coefficient (Wildman–Crippen LogP) is 2.45. The van der Waals surface area contributed by atoms with Crippen molar-refractivity contribution in [3.63, 3.8) is 0 Å². The van der Waals surface area contributed by atoms with Gasteiger partial charge in [-0.1, -0.05) is 12.1 Å². The van der Waals surface area contributed by atoms with Crippen molar-refractivity contribution in [1.29, 1.82) is 0 Å². The normalized spacial score (nSPS) is 10.8. The summed E-state index contributed by atoms with van der Waals surface area (Å²) in [5, 5.41) is 0.848. The summed E-state index contributed by atoms with van der Waals surface area (Å²) in [7, 11) is 3.42.